The highest BCUT2D eigenvalue weighted by atomic mass is 35.5. The van der Waals surface area contributed by atoms with Gasteiger partial charge in [0.05, 0.1) is 28.0 Å². The lowest BCUT2D eigenvalue weighted by Gasteiger charge is -2.35. The van der Waals surface area contributed by atoms with Crippen LogP contribution in [0.5, 0.6) is 0 Å². The Bertz CT molecular complexity index is 892. The molecule has 4 N–H and O–H groups in total. The van der Waals surface area contributed by atoms with Crippen molar-refractivity contribution in [3.05, 3.63) is 34.2 Å². The maximum absolute atomic E-state index is 13.5. The van der Waals surface area contributed by atoms with Gasteiger partial charge >= 0.3 is 0 Å². The van der Waals surface area contributed by atoms with Crippen molar-refractivity contribution in [2.24, 2.45) is 5.92 Å². The quantitative estimate of drug-likeness (QED) is 0.471. The second-order valence-electron chi connectivity index (χ2n) is 8.29. The number of rotatable bonds is 6. The molecule has 10 heteroatoms. The van der Waals surface area contributed by atoms with E-state index in [9.17, 15) is 22.7 Å². The topological polar surface area (TPSA) is 84.8 Å². The van der Waals surface area contributed by atoms with Gasteiger partial charge in [-0.15, -0.1) is 10.6 Å². The summed E-state index contributed by atoms with van der Waals surface area (Å²) in [7, 11) is -1.57. The highest BCUT2D eigenvalue weighted by molar-refractivity contribution is 8.27. The SMILES string of the molecule is CNC1(NC(=O)C2C=C(S(O)(O)c3ccc(N4CCC(F)(F)C4)cc3Cl)CC2)CC1. The zero-order valence-electron chi connectivity index (χ0n) is 16.6. The van der Waals surface area contributed by atoms with E-state index in [4.69, 9.17) is 11.6 Å². The molecule has 4 rings (SSSR count). The predicted octanol–water partition coefficient (Wildman–Crippen LogP) is 4.41. The fraction of sp³-hybridized carbons (Fsp3) is 0.550. The zero-order chi connectivity index (χ0) is 21.7. The standard InChI is InChI=1S/C20H26ClF2N3O3S/c1-24-20(6-7-20)25-18(27)13-2-4-15(10-13)30(28,29)17-5-3-14(11-16(17)21)26-9-8-19(22,23)12-26/h3,5,10-11,13,24,28-29H,2,4,6-9,12H2,1H3,(H,25,27). The van der Waals surface area contributed by atoms with Gasteiger partial charge in [0.1, 0.15) is 0 Å². The van der Waals surface area contributed by atoms with Gasteiger partial charge in [0, 0.05) is 23.6 Å². The van der Waals surface area contributed by atoms with Crippen LogP contribution in [-0.4, -0.2) is 46.7 Å². The van der Waals surface area contributed by atoms with Crippen molar-refractivity contribution in [1.82, 2.24) is 10.6 Å². The Morgan fingerprint density at radius 1 is 1.30 bits per heavy atom. The van der Waals surface area contributed by atoms with Crippen LogP contribution in [0, 0.1) is 5.92 Å². The van der Waals surface area contributed by atoms with Gasteiger partial charge < -0.3 is 10.2 Å². The molecule has 1 atom stereocenters. The summed E-state index contributed by atoms with van der Waals surface area (Å²) in [6.07, 6.45) is 4.03. The first-order valence-electron chi connectivity index (χ1n) is 9.98. The Morgan fingerprint density at radius 3 is 2.60 bits per heavy atom. The number of halogens is 3. The molecule has 1 heterocycles. The van der Waals surface area contributed by atoms with E-state index >= 15 is 0 Å². The van der Waals surface area contributed by atoms with Crippen LogP contribution in [0.2, 0.25) is 5.02 Å². The van der Waals surface area contributed by atoms with E-state index in [1.165, 1.54) is 17.0 Å². The van der Waals surface area contributed by atoms with Crippen molar-refractivity contribution < 1.29 is 22.7 Å². The van der Waals surface area contributed by atoms with Gasteiger partial charge in [-0.3, -0.25) is 19.2 Å². The third kappa shape index (κ3) is 4.18. The minimum atomic E-state index is -3.37. The monoisotopic (exact) mass is 461 g/mol. The van der Waals surface area contributed by atoms with E-state index in [2.05, 4.69) is 10.6 Å². The van der Waals surface area contributed by atoms with Gasteiger partial charge in [0.25, 0.3) is 5.92 Å². The van der Waals surface area contributed by atoms with Gasteiger partial charge in [-0.25, -0.2) is 8.78 Å². The van der Waals surface area contributed by atoms with E-state index in [-0.39, 0.29) is 41.0 Å². The third-order valence-corrected chi connectivity index (χ3v) is 8.60. The molecule has 2 aliphatic carbocycles. The van der Waals surface area contributed by atoms with Crippen molar-refractivity contribution in [3.63, 3.8) is 0 Å². The molecule has 2 fully saturated rings. The molecule has 1 aromatic carbocycles. The number of nitrogens with one attached hydrogen (secondary N) is 2. The Labute approximate surface area is 181 Å². The Hall–Kier alpha value is -1.39. The lowest BCUT2D eigenvalue weighted by Crippen LogP contribution is -2.47. The number of anilines is 1. The second kappa shape index (κ2) is 7.63. The number of alkyl halides is 2. The van der Waals surface area contributed by atoms with Crippen molar-refractivity contribution in [2.75, 3.05) is 25.0 Å². The Kier molecular flexibility index (Phi) is 5.55. The number of amides is 1. The predicted molar refractivity (Wildman–Crippen MR) is 114 cm³/mol. The molecule has 166 valence electrons. The Morgan fingerprint density at radius 2 is 2.03 bits per heavy atom. The van der Waals surface area contributed by atoms with Crippen LogP contribution < -0.4 is 15.5 Å². The van der Waals surface area contributed by atoms with Crippen molar-refractivity contribution in [1.29, 1.82) is 0 Å². The maximum atomic E-state index is 13.5. The molecular formula is C20H26ClF2N3O3S. The first-order valence-corrected chi connectivity index (χ1v) is 11.9. The number of nitrogens with zero attached hydrogens (tertiary/aromatic N) is 1. The van der Waals surface area contributed by atoms with Gasteiger partial charge in [-0.2, -0.15) is 0 Å². The van der Waals surface area contributed by atoms with Crippen LogP contribution >= 0.6 is 22.2 Å². The molecule has 1 aromatic rings. The van der Waals surface area contributed by atoms with Gasteiger partial charge in [-0.05, 0) is 50.9 Å². The van der Waals surface area contributed by atoms with Gasteiger partial charge in [0.15, 0.2) is 0 Å². The molecule has 1 saturated carbocycles. The number of benzene rings is 1. The van der Waals surface area contributed by atoms with Crippen LogP contribution in [0.3, 0.4) is 0 Å². The van der Waals surface area contributed by atoms with Crippen LogP contribution in [0.25, 0.3) is 0 Å². The van der Waals surface area contributed by atoms with Gasteiger partial charge in [0.2, 0.25) is 5.91 Å². The summed E-state index contributed by atoms with van der Waals surface area (Å²) in [5.74, 6) is -3.30. The summed E-state index contributed by atoms with van der Waals surface area (Å²) < 4.78 is 48.8. The Balaban J connectivity index is 1.50. The summed E-state index contributed by atoms with van der Waals surface area (Å²) in [6, 6.07) is 4.56. The highest BCUT2D eigenvalue weighted by Gasteiger charge is 2.44. The first-order chi connectivity index (χ1) is 14.1. The summed E-state index contributed by atoms with van der Waals surface area (Å²) >= 11 is 6.33. The summed E-state index contributed by atoms with van der Waals surface area (Å²) in [6.45, 7) is -0.163. The number of hydrogen-bond donors (Lipinski definition) is 4. The average molecular weight is 462 g/mol. The molecular weight excluding hydrogens is 436 g/mol. The molecule has 1 aliphatic heterocycles. The lowest BCUT2D eigenvalue weighted by atomic mass is 10.1. The molecule has 1 amide bonds. The molecule has 0 radical (unpaired) electrons. The smallest absolute Gasteiger partial charge is 0.266 e. The van der Waals surface area contributed by atoms with E-state index in [0.29, 0.717) is 23.4 Å². The fourth-order valence-electron chi connectivity index (χ4n) is 4.04. The minimum absolute atomic E-state index is 0.114. The number of allylic oxidation sites excluding steroid dienone is 1. The summed E-state index contributed by atoms with van der Waals surface area (Å²) in [5.41, 5.74) is 0.192. The number of carbonyl (C=O) groups excluding carboxylic acids is 1. The molecule has 1 unspecified atom stereocenters. The van der Waals surface area contributed by atoms with Crippen molar-refractivity contribution in [3.8, 4) is 0 Å². The normalized spacial score (nSPS) is 25.2. The van der Waals surface area contributed by atoms with Crippen molar-refractivity contribution in [2.45, 2.75) is 48.6 Å². The first kappa shape index (κ1) is 21.8. The van der Waals surface area contributed by atoms with Crippen LogP contribution in [0.15, 0.2) is 34.1 Å². The largest absolute Gasteiger partial charge is 0.365 e. The maximum Gasteiger partial charge on any atom is 0.266 e. The third-order valence-electron chi connectivity index (χ3n) is 6.14. The second-order valence-corrected chi connectivity index (χ2v) is 10.8. The lowest BCUT2D eigenvalue weighted by molar-refractivity contribution is -0.124. The van der Waals surface area contributed by atoms with E-state index in [1.807, 2.05) is 0 Å². The number of carbonyl (C=O) groups is 1. The van der Waals surface area contributed by atoms with Crippen LogP contribution in [0.4, 0.5) is 14.5 Å². The highest BCUT2D eigenvalue weighted by Crippen LogP contribution is 2.61. The minimum Gasteiger partial charge on any atom is -0.365 e. The van der Waals surface area contributed by atoms with Gasteiger partial charge in [-0.1, -0.05) is 17.7 Å². The van der Waals surface area contributed by atoms with Crippen LogP contribution in [-0.2, 0) is 4.79 Å². The van der Waals surface area contributed by atoms with Crippen molar-refractivity contribution >= 4 is 33.8 Å². The summed E-state index contributed by atoms with van der Waals surface area (Å²) in [5, 5.41) is 6.20. The summed E-state index contributed by atoms with van der Waals surface area (Å²) in [4.78, 5) is 14.6. The molecule has 0 spiro atoms. The molecule has 0 bridgehead atoms. The van der Waals surface area contributed by atoms with E-state index in [0.717, 1.165) is 12.8 Å². The number of hydrogen-bond acceptors (Lipinski definition) is 5. The zero-order valence-corrected chi connectivity index (χ0v) is 18.2. The van der Waals surface area contributed by atoms with Crippen LogP contribution in [0.1, 0.15) is 32.1 Å². The molecule has 30 heavy (non-hydrogen) atoms. The van der Waals surface area contributed by atoms with E-state index in [1.54, 1.807) is 19.2 Å². The molecule has 3 aliphatic rings. The molecule has 0 aromatic heterocycles. The average Bonchev–Trinajstić information content (AvgIpc) is 3.11. The molecule has 1 saturated heterocycles. The fourth-order valence-corrected chi connectivity index (χ4v) is 6.16. The van der Waals surface area contributed by atoms with E-state index < -0.39 is 22.4 Å². The molecule has 6 nitrogen and oxygen atoms in total.